The van der Waals surface area contributed by atoms with Crippen molar-refractivity contribution in [3.63, 3.8) is 0 Å². The van der Waals surface area contributed by atoms with Crippen LogP contribution in [-0.2, 0) is 31.0 Å². The van der Waals surface area contributed by atoms with Crippen molar-refractivity contribution in [3.05, 3.63) is 42.0 Å². The number of carbonyl (C=O) groups excluding carboxylic acids is 1. The van der Waals surface area contributed by atoms with Gasteiger partial charge in [0.25, 0.3) is 0 Å². The van der Waals surface area contributed by atoms with E-state index in [1.165, 1.54) is 12.1 Å². The highest BCUT2D eigenvalue weighted by molar-refractivity contribution is 5.73. The van der Waals surface area contributed by atoms with Crippen LogP contribution in [-0.4, -0.2) is 62.3 Å². The molecule has 2 aliphatic heterocycles. The molecule has 1 N–H and O–H groups in total. The standard InChI is InChI=1S/C20H30N6O/c1-17(27)21-18-5-10-25(14-18)15-19-13-20-16-24(11-12-26(20)22-19)9-4-8-23-6-2-3-7-23/h2-3,6-7,13,18H,4-5,8-12,14-16H2,1H3,(H,21,27)/t18-/m0/s1. The largest absolute Gasteiger partial charge is 0.354 e. The Morgan fingerprint density at radius 2 is 2.04 bits per heavy atom. The summed E-state index contributed by atoms with van der Waals surface area (Å²) in [5.41, 5.74) is 2.48. The number of rotatable bonds is 7. The summed E-state index contributed by atoms with van der Waals surface area (Å²) in [5.74, 6) is 0.0659. The molecule has 146 valence electrons. The van der Waals surface area contributed by atoms with Crippen molar-refractivity contribution >= 4 is 5.91 Å². The molecule has 4 rings (SSSR count). The smallest absolute Gasteiger partial charge is 0.217 e. The van der Waals surface area contributed by atoms with Gasteiger partial charge in [0.1, 0.15) is 0 Å². The quantitative estimate of drug-likeness (QED) is 0.798. The second-order valence-corrected chi connectivity index (χ2v) is 7.82. The number of carbonyl (C=O) groups is 1. The molecular formula is C20H30N6O. The van der Waals surface area contributed by atoms with Gasteiger partial charge < -0.3 is 9.88 Å². The van der Waals surface area contributed by atoms with Crippen molar-refractivity contribution in [2.45, 2.75) is 52.0 Å². The molecule has 1 amide bonds. The number of hydrogen-bond acceptors (Lipinski definition) is 4. The maximum Gasteiger partial charge on any atom is 0.217 e. The van der Waals surface area contributed by atoms with Crippen LogP contribution in [0.2, 0.25) is 0 Å². The monoisotopic (exact) mass is 370 g/mol. The molecule has 7 nitrogen and oxygen atoms in total. The van der Waals surface area contributed by atoms with Gasteiger partial charge in [-0.05, 0) is 31.0 Å². The van der Waals surface area contributed by atoms with Crippen LogP contribution in [0.15, 0.2) is 30.6 Å². The molecule has 0 bridgehead atoms. The summed E-state index contributed by atoms with van der Waals surface area (Å²) in [5, 5.41) is 7.84. The Kier molecular flexibility index (Phi) is 5.59. The Bertz CT molecular complexity index is 753. The summed E-state index contributed by atoms with van der Waals surface area (Å²) in [4.78, 5) is 16.1. The average molecular weight is 371 g/mol. The zero-order valence-electron chi connectivity index (χ0n) is 16.2. The lowest BCUT2D eigenvalue weighted by molar-refractivity contribution is -0.119. The van der Waals surface area contributed by atoms with E-state index in [9.17, 15) is 4.79 Å². The second-order valence-electron chi connectivity index (χ2n) is 7.82. The fourth-order valence-corrected chi connectivity index (χ4v) is 4.26. The van der Waals surface area contributed by atoms with Gasteiger partial charge in [-0.1, -0.05) is 0 Å². The van der Waals surface area contributed by atoms with E-state index >= 15 is 0 Å². The lowest BCUT2D eigenvalue weighted by atomic mass is 10.2. The Hall–Kier alpha value is -2.12. The molecule has 2 aliphatic rings. The van der Waals surface area contributed by atoms with Gasteiger partial charge in [-0.15, -0.1) is 0 Å². The van der Waals surface area contributed by atoms with Gasteiger partial charge in [0.05, 0.1) is 17.9 Å². The highest BCUT2D eigenvalue weighted by Crippen LogP contribution is 2.17. The highest BCUT2D eigenvalue weighted by Gasteiger charge is 2.25. The molecule has 0 saturated carbocycles. The molecule has 1 fully saturated rings. The van der Waals surface area contributed by atoms with E-state index in [2.05, 4.69) is 55.0 Å². The summed E-state index contributed by atoms with van der Waals surface area (Å²) < 4.78 is 4.43. The molecule has 1 atom stereocenters. The van der Waals surface area contributed by atoms with E-state index in [1.54, 1.807) is 6.92 Å². The van der Waals surface area contributed by atoms with Crippen LogP contribution in [0.4, 0.5) is 0 Å². The SMILES string of the molecule is CC(=O)N[C@H]1CCN(Cc2cc3n(n2)CCN(CCCn2cccc2)C3)C1. The van der Waals surface area contributed by atoms with Gasteiger partial charge in [-0.2, -0.15) is 5.10 Å². The van der Waals surface area contributed by atoms with E-state index in [-0.39, 0.29) is 11.9 Å². The molecule has 2 aromatic heterocycles. The zero-order valence-corrected chi connectivity index (χ0v) is 16.2. The maximum atomic E-state index is 11.2. The molecule has 1 saturated heterocycles. The third-order valence-electron chi connectivity index (χ3n) is 5.55. The highest BCUT2D eigenvalue weighted by atomic mass is 16.1. The molecule has 0 aliphatic carbocycles. The predicted octanol–water partition coefficient (Wildman–Crippen LogP) is 1.30. The number of fused-ring (bicyclic) bond motifs is 1. The van der Waals surface area contributed by atoms with Crippen LogP contribution in [0.3, 0.4) is 0 Å². The third kappa shape index (κ3) is 4.78. The summed E-state index contributed by atoms with van der Waals surface area (Å²) in [7, 11) is 0. The van der Waals surface area contributed by atoms with Gasteiger partial charge in [-0.3, -0.25) is 19.3 Å². The molecule has 0 radical (unpaired) electrons. The first-order chi connectivity index (χ1) is 13.2. The Morgan fingerprint density at radius 3 is 2.85 bits per heavy atom. The van der Waals surface area contributed by atoms with Crippen LogP contribution < -0.4 is 5.32 Å². The zero-order chi connectivity index (χ0) is 18.6. The van der Waals surface area contributed by atoms with Gasteiger partial charge >= 0.3 is 0 Å². The first-order valence-electron chi connectivity index (χ1n) is 10.0. The first kappa shape index (κ1) is 18.3. The topological polar surface area (TPSA) is 58.3 Å². The summed E-state index contributed by atoms with van der Waals surface area (Å²) in [6.07, 6.45) is 6.47. The van der Waals surface area contributed by atoms with Crippen LogP contribution in [0, 0.1) is 0 Å². The molecule has 0 spiro atoms. The van der Waals surface area contributed by atoms with Crippen molar-refractivity contribution in [1.82, 2.24) is 29.5 Å². The Labute approximate surface area is 160 Å². The third-order valence-corrected chi connectivity index (χ3v) is 5.55. The number of likely N-dealkylation sites (tertiary alicyclic amines) is 1. The summed E-state index contributed by atoms with van der Waals surface area (Å²) in [6.45, 7) is 9.68. The van der Waals surface area contributed by atoms with Crippen LogP contribution >= 0.6 is 0 Å². The average Bonchev–Trinajstić information content (AvgIpc) is 3.35. The molecule has 2 aromatic rings. The van der Waals surface area contributed by atoms with Crippen molar-refractivity contribution in [2.75, 3.05) is 26.2 Å². The normalized spacial score (nSPS) is 20.7. The number of nitrogens with one attached hydrogen (secondary N) is 1. The molecule has 7 heteroatoms. The first-order valence-corrected chi connectivity index (χ1v) is 10.0. The summed E-state index contributed by atoms with van der Waals surface area (Å²) in [6, 6.07) is 6.72. The van der Waals surface area contributed by atoms with Crippen molar-refractivity contribution in [2.24, 2.45) is 0 Å². The fourth-order valence-electron chi connectivity index (χ4n) is 4.26. The minimum absolute atomic E-state index is 0.0659. The Morgan fingerprint density at radius 1 is 1.19 bits per heavy atom. The molecular weight excluding hydrogens is 340 g/mol. The van der Waals surface area contributed by atoms with E-state index in [0.717, 1.165) is 64.5 Å². The van der Waals surface area contributed by atoms with Crippen molar-refractivity contribution in [3.8, 4) is 0 Å². The van der Waals surface area contributed by atoms with Gasteiger partial charge in [0.2, 0.25) is 5.91 Å². The van der Waals surface area contributed by atoms with Gasteiger partial charge in [0.15, 0.2) is 0 Å². The van der Waals surface area contributed by atoms with E-state index in [0.29, 0.717) is 0 Å². The number of amides is 1. The van der Waals surface area contributed by atoms with Gasteiger partial charge in [0, 0.05) is 71.2 Å². The minimum Gasteiger partial charge on any atom is -0.354 e. The predicted molar refractivity (Wildman–Crippen MR) is 104 cm³/mol. The van der Waals surface area contributed by atoms with Crippen molar-refractivity contribution in [1.29, 1.82) is 0 Å². The number of aromatic nitrogens is 3. The second kappa shape index (κ2) is 8.27. The summed E-state index contributed by atoms with van der Waals surface area (Å²) >= 11 is 0. The van der Waals surface area contributed by atoms with E-state index in [1.807, 2.05) is 0 Å². The molecule has 27 heavy (non-hydrogen) atoms. The van der Waals surface area contributed by atoms with E-state index < -0.39 is 0 Å². The Balaban J connectivity index is 1.25. The molecule has 4 heterocycles. The number of aryl methyl sites for hydroxylation is 1. The van der Waals surface area contributed by atoms with Crippen molar-refractivity contribution < 1.29 is 4.79 Å². The fraction of sp³-hybridized carbons (Fsp3) is 0.600. The van der Waals surface area contributed by atoms with E-state index in [4.69, 9.17) is 5.10 Å². The lowest BCUT2D eigenvalue weighted by Crippen LogP contribution is -2.35. The maximum absolute atomic E-state index is 11.2. The van der Waals surface area contributed by atoms with Crippen LogP contribution in [0.25, 0.3) is 0 Å². The van der Waals surface area contributed by atoms with Gasteiger partial charge in [-0.25, -0.2) is 0 Å². The van der Waals surface area contributed by atoms with Crippen LogP contribution in [0.1, 0.15) is 31.2 Å². The number of hydrogen-bond donors (Lipinski definition) is 1. The van der Waals surface area contributed by atoms with Crippen LogP contribution in [0.5, 0.6) is 0 Å². The minimum atomic E-state index is 0.0659. The number of nitrogens with zero attached hydrogens (tertiary/aromatic N) is 5. The molecule has 0 unspecified atom stereocenters. The molecule has 0 aromatic carbocycles. The lowest BCUT2D eigenvalue weighted by Gasteiger charge is -2.27.